The van der Waals surface area contributed by atoms with E-state index in [1.54, 1.807) is 12.1 Å². The second-order valence-electron chi connectivity index (χ2n) is 4.96. The van der Waals surface area contributed by atoms with Crippen LogP contribution in [-0.2, 0) is 0 Å². The van der Waals surface area contributed by atoms with Crippen LogP contribution in [0, 0.1) is 5.82 Å². The molecule has 3 aromatic rings. The van der Waals surface area contributed by atoms with Crippen LogP contribution in [0.1, 0.15) is 13.3 Å². The van der Waals surface area contributed by atoms with Gasteiger partial charge in [0.25, 0.3) is 0 Å². The molecule has 3 rings (SSSR count). The van der Waals surface area contributed by atoms with Gasteiger partial charge in [-0.15, -0.1) is 0 Å². The number of halogens is 1. The van der Waals surface area contributed by atoms with Gasteiger partial charge in [-0.25, -0.2) is 4.39 Å². The monoisotopic (exact) mass is 297 g/mol. The molecule has 0 saturated heterocycles. The highest BCUT2D eigenvalue weighted by molar-refractivity contribution is 5.66. The summed E-state index contributed by atoms with van der Waals surface area (Å²) in [5.41, 5.74) is 2.42. The lowest BCUT2D eigenvalue weighted by atomic mass is 10.1. The smallest absolute Gasteiger partial charge is 0.167 e. The molecule has 22 heavy (non-hydrogen) atoms. The molecule has 1 aromatic heterocycles. The molecular weight excluding hydrogens is 281 g/mol. The van der Waals surface area contributed by atoms with Crippen molar-refractivity contribution in [3.05, 3.63) is 60.4 Å². The number of hydrogen-bond acceptors (Lipinski definition) is 3. The van der Waals surface area contributed by atoms with E-state index in [-0.39, 0.29) is 5.82 Å². The molecule has 0 fully saturated rings. The molecular formula is C18H16FNO2. The van der Waals surface area contributed by atoms with Crippen molar-refractivity contribution >= 4 is 0 Å². The Balaban J connectivity index is 1.79. The summed E-state index contributed by atoms with van der Waals surface area (Å²) < 4.78 is 23.9. The van der Waals surface area contributed by atoms with Gasteiger partial charge in [-0.1, -0.05) is 12.1 Å². The fourth-order valence-corrected chi connectivity index (χ4v) is 2.10. The summed E-state index contributed by atoms with van der Waals surface area (Å²) in [5, 5.41) is 4.04. The van der Waals surface area contributed by atoms with Crippen molar-refractivity contribution in [3.8, 4) is 28.3 Å². The third-order valence-corrected chi connectivity index (χ3v) is 3.26. The summed E-state index contributed by atoms with van der Waals surface area (Å²) in [4.78, 5) is 0. The first-order valence-corrected chi connectivity index (χ1v) is 7.22. The van der Waals surface area contributed by atoms with E-state index < -0.39 is 0 Å². The predicted molar refractivity (Wildman–Crippen MR) is 83.1 cm³/mol. The predicted octanol–water partition coefficient (Wildman–Crippen LogP) is 4.94. The van der Waals surface area contributed by atoms with Gasteiger partial charge in [0.2, 0.25) is 0 Å². The summed E-state index contributed by atoms with van der Waals surface area (Å²) in [7, 11) is 0. The standard InChI is InChI=1S/C18H16FNO2/c1-2-11-21-16-9-5-14(6-10-16)18-12-17(20-22-18)13-3-7-15(19)8-4-13/h3-10,12H,2,11H2,1H3. The molecule has 0 atom stereocenters. The van der Waals surface area contributed by atoms with Crippen LogP contribution in [0.25, 0.3) is 22.6 Å². The molecule has 0 saturated carbocycles. The van der Waals surface area contributed by atoms with E-state index in [0.29, 0.717) is 18.1 Å². The van der Waals surface area contributed by atoms with E-state index in [4.69, 9.17) is 9.26 Å². The van der Waals surface area contributed by atoms with Crippen molar-refractivity contribution in [2.45, 2.75) is 13.3 Å². The highest BCUT2D eigenvalue weighted by Crippen LogP contribution is 2.27. The van der Waals surface area contributed by atoms with Crippen LogP contribution in [0.5, 0.6) is 5.75 Å². The van der Waals surface area contributed by atoms with Crippen LogP contribution in [0.4, 0.5) is 4.39 Å². The minimum Gasteiger partial charge on any atom is -0.494 e. The Morgan fingerprint density at radius 2 is 1.68 bits per heavy atom. The van der Waals surface area contributed by atoms with Gasteiger partial charge in [0, 0.05) is 17.2 Å². The average molecular weight is 297 g/mol. The number of hydrogen-bond donors (Lipinski definition) is 0. The van der Waals surface area contributed by atoms with Gasteiger partial charge < -0.3 is 9.26 Å². The molecule has 3 nitrogen and oxygen atoms in total. The third kappa shape index (κ3) is 3.17. The molecule has 0 unspecified atom stereocenters. The van der Waals surface area contributed by atoms with Crippen LogP contribution in [0.3, 0.4) is 0 Å². The van der Waals surface area contributed by atoms with Crippen LogP contribution in [-0.4, -0.2) is 11.8 Å². The minimum absolute atomic E-state index is 0.268. The minimum atomic E-state index is -0.268. The molecule has 0 aliphatic heterocycles. The third-order valence-electron chi connectivity index (χ3n) is 3.26. The fourth-order valence-electron chi connectivity index (χ4n) is 2.10. The summed E-state index contributed by atoms with van der Waals surface area (Å²) in [6.07, 6.45) is 0.977. The van der Waals surface area contributed by atoms with Gasteiger partial charge in [-0.2, -0.15) is 0 Å². The zero-order valence-electron chi connectivity index (χ0n) is 12.3. The molecule has 0 bridgehead atoms. The lowest BCUT2D eigenvalue weighted by molar-refractivity contribution is 0.317. The van der Waals surface area contributed by atoms with E-state index in [2.05, 4.69) is 12.1 Å². The van der Waals surface area contributed by atoms with Crippen molar-refractivity contribution < 1.29 is 13.7 Å². The van der Waals surface area contributed by atoms with Gasteiger partial charge in [-0.05, 0) is 55.0 Å². The van der Waals surface area contributed by atoms with Crippen LogP contribution in [0.2, 0.25) is 0 Å². The quantitative estimate of drug-likeness (QED) is 0.669. The molecule has 0 spiro atoms. The maximum absolute atomic E-state index is 12.9. The van der Waals surface area contributed by atoms with Crippen molar-refractivity contribution in [1.82, 2.24) is 5.16 Å². The van der Waals surface area contributed by atoms with E-state index in [0.717, 1.165) is 23.3 Å². The number of nitrogens with zero attached hydrogens (tertiary/aromatic N) is 1. The largest absolute Gasteiger partial charge is 0.494 e. The molecule has 2 aromatic carbocycles. The normalized spacial score (nSPS) is 10.6. The molecule has 0 radical (unpaired) electrons. The molecule has 0 aliphatic carbocycles. The molecule has 1 heterocycles. The van der Waals surface area contributed by atoms with Crippen molar-refractivity contribution in [2.75, 3.05) is 6.61 Å². The van der Waals surface area contributed by atoms with Crippen molar-refractivity contribution in [3.63, 3.8) is 0 Å². The Morgan fingerprint density at radius 3 is 2.36 bits per heavy atom. The highest BCUT2D eigenvalue weighted by atomic mass is 19.1. The Kier molecular flexibility index (Phi) is 4.19. The van der Waals surface area contributed by atoms with E-state index >= 15 is 0 Å². The van der Waals surface area contributed by atoms with E-state index in [1.165, 1.54) is 12.1 Å². The Labute approximate surface area is 128 Å². The van der Waals surface area contributed by atoms with E-state index in [1.807, 2.05) is 30.3 Å². The topological polar surface area (TPSA) is 35.3 Å². The summed E-state index contributed by atoms with van der Waals surface area (Å²) in [5.74, 6) is 1.24. The Bertz CT molecular complexity index is 733. The lowest BCUT2D eigenvalue weighted by Crippen LogP contribution is -1.94. The summed E-state index contributed by atoms with van der Waals surface area (Å²) >= 11 is 0. The second kappa shape index (κ2) is 6.43. The van der Waals surface area contributed by atoms with Crippen LogP contribution in [0.15, 0.2) is 59.1 Å². The fraction of sp³-hybridized carbons (Fsp3) is 0.167. The van der Waals surface area contributed by atoms with Crippen LogP contribution >= 0.6 is 0 Å². The zero-order chi connectivity index (χ0) is 15.4. The number of ether oxygens (including phenoxy) is 1. The average Bonchev–Trinajstić information content (AvgIpc) is 3.04. The van der Waals surface area contributed by atoms with E-state index in [9.17, 15) is 4.39 Å². The SMILES string of the molecule is CCCOc1ccc(-c2cc(-c3ccc(F)cc3)no2)cc1. The first-order chi connectivity index (χ1) is 10.8. The second-order valence-corrected chi connectivity index (χ2v) is 4.96. The molecule has 0 aliphatic rings. The lowest BCUT2D eigenvalue weighted by Gasteiger charge is -2.04. The Hall–Kier alpha value is -2.62. The molecule has 0 amide bonds. The summed E-state index contributed by atoms with van der Waals surface area (Å²) in [6, 6.07) is 15.7. The summed E-state index contributed by atoms with van der Waals surface area (Å²) in [6.45, 7) is 2.77. The highest BCUT2D eigenvalue weighted by Gasteiger charge is 2.09. The van der Waals surface area contributed by atoms with Gasteiger partial charge in [0.15, 0.2) is 5.76 Å². The Morgan fingerprint density at radius 1 is 1.00 bits per heavy atom. The number of benzene rings is 2. The molecule has 0 N–H and O–H groups in total. The van der Waals surface area contributed by atoms with Gasteiger partial charge in [0.05, 0.1) is 6.61 Å². The van der Waals surface area contributed by atoms with Crippen molar-refractivity contribution in [1.29, 1.82) is 0 Å². The van der Waals surface area contributed by atoms with Crippen molar-refractivity contribution in [2.24, 2.45) is 0 Å². The first-order valence-electron chi connectivity index (χ1n) is 7.22. The molecule has 112 valence electrons. The first kappa shape index (κ1) is 14.3. The van der Waals surface area contributed by atoms with Crippen LogP contribution < -0.4 is 4.74 Å². The van der Waals surface area contributed by atoms with Gasteiger partial charge >= 0.3 is 0 Å². The van der Waals surface area contributed by atoms with Gasteiger partial charge in [-0.3, -0.25) is 0 Å². The number of rotatable bonds is 5. The maximum atomic E-state index is 12.9. The molecule has 4 heteroatoms. The maximum Gasteiger partial charge on any atom is 0.167 e. The van der Waals surface area contributed by atoms with Gasteiger partial charge in [0.1, 0.15) is 17.3 Å². The zero-order valence-corrected chi connectivity index (χ0v) is 12.3. The number of aromatic nitrogens is 1.